The van der Waals surface area contributed by atoms with Crippen LogP contribution in [0.25, 0.3) is 6.08 Å². The number of phenols is 1. The normalized spacial score (nSPS) is 35.7. The van der Waals surface area contributed by atoms with E-state index in [1.54, 1.807) is 30.3 Å². The molecule has 0 spiro atoms. The van der Waals surface area contributed by atoms with E-state index >= 15 is 0 Å². The number of esters is 1. The van der Waals surface area contributed by atoms with Gasteiger partial charge in [-0.1, -0.05) is 39.0 Å². The molecule has 1 saturated heterocycles. The van der Waals surface area contributed by atoms with Gasteiger partial charge in [0.2, 0.25) is 0 Å². The van der Waals surface area contributed by atoms with Crippen molar-refractivity contribution in [1.29, 1.82) is 0 Å². The Morgan fingerprint density at radius 1 is 1.24 bits per heavy atom. The molecule has 1 heterocycles. The number of ether oxygens (including phenoxy) is 2. The minimum absolute atomic E-state index is 0.101. The highest BCUT2D eigenvalue weighted by atomic mass is 16.6. The average Bonchev–Trinajstić information content (AvgIpc) is 3.06. The van der Waals surface area contributed by atoms with Crippen molar-refractivity contribution >= 4 is 12.0 Å². The quantitative estimate of drug-likeness (QED) is 0.456. The molecule has 5 heteroatoms. The maximum atomic E-state index is 12.6. The molecular weight excluding hydrogens is 368 g/mol. The summed E-state index contributed by atoms with van der Waals surface area (Å²) in [5.74, 6) is -0.0355. The van der Waals surface area contributed by atoms with E-state index in [0.717, 1.165) is 30.4 Å². The first-order chi connectivity index (χ1) is 13.7. The van der Waals surface area contributed by atoms with Crippen LogP contribution in [-0.2, 0) is 14.3 Å². The van der Waals surface area contributed by atoms with Gasteiger partial charge in [-0.25, -0.2) is 4.79 Å². The summed E-state index contributed by atoms with van der Waals surface area (Å²) in [5.41, 5.74) is 1.68. The molecule has 1 aliphatic heterocycles. The molecule has 1 aromatic rings. The third kappa shape index (κ3) is 3.51. The summed E-state index contributed by atoms with van der Waals surface area (Å²) in [5, 5.41) is 20.0. The standard InChI is InChI=1S/C24H30O5/c1-23(2)13-12-19(29-20(26)11-6-15-4-8-17(25)9-5-15)24(3)18(23)10-7-16-14-28-22(27)21(16)24/h4-9,11,18-19,21-22,25,27H,10,12-14H2,1-3H3/b11-6+. The Hall–Kier alpha value is -2.11. The Morgan fingerprint density at radius 3 is 2.69 bits per heavy atom. The second kappa shape index (κ2) is 7.29. The van der Waals surface area contributed by atoms with E-state index in [9.17, 15) is 15.0 Å². The Kier molecular flexibility index (Phi) is 5.07. The van der Waals surface area contributed by atoms with Crippen LogP contribution in [0.2, 0.25) is 0 Å². The summed E-state index contributed by atoms with van der Waals surface area (Å²) in [6.45, 7) is 7.17. The number of aromatic hydroxyl groups is 1. The number of allylic oxidation sites excluding steroid dienone is 1. The van der Waals surface area contributed by atoms with E-state index in [4.69, 9.17) is 9.47 Å². The lowest BCUT2D eigenvalue weighted by molar-refractivity contribution is -0.197. The fraction of sp³-hybridized carbons (Fsp3) is 0.542. The SMILES string of the molecule is CC1(C)CCC(OC(=O)/C=C/c2ccc(O)cc2)C2(C)C3C(=CCC12)COC3O. The number of aliphatic hydroxyl groups is 1. The summed E-state index contributed by atoms with van der Waals surface area (Å²) < 4.78 is 11.6. The highest BCUT2D eigenvalue weighted by Crippen LogP contribution is 2.62. The minimum Gasteiger partial charge on any atom is -0.508 e. The van der Waals surface area contributed by atoms with Crippen molar-refractivity contribution in [3.8, 4) is 5.75 Å². The first-order valence-corrected chi connectivity index (χ1v) is 10.4. The number of carbonyl (C=O) groups excluding carboxylic acids is 1. The number of hydrogen-bond acceptors (Lipinski definition) is 5. The maximum Gasteiger partial charge on any atom is 0.331 e. The molecule has 29 heavy (non-hydrogen) atoms. The van der Waals surface area contributed by atoms with E-state index < -0.39 is 6.29 Å². The van der Waals surface area contributed by atoms with Gasteiger partial charge < -0.3 is 19.7 Å². The predicted octanol–water partition coefficient (Wildman–Crippen LogP) is 4.05. The third-order valence-corrected chi connectivity index (χ3v) is 7.39. The number of benzene rings is 1. The lowest BCUT2D eigenvalue weighted by atomic mass is 9.47. The van der Waals surface area contributed by atoms with E-state index in [-0.39, 0.29) is 34.6 Å². The average molecular weight is 398 g/mol. The monoisotopic (exact) mass is 398 g/mol. The zero-order valence-electron chi connectivity index (χ0n) is 17.3. The summed E-state index contributed by atoms with van der Waals surface area (Å²) in [7, 11) is 0. The van der Waals surface area contributed by atoms with Crippen LogP contribution in [0.1, 0.15) is 45.6 Å². The molecule has 5 atom stereocenters. The Balaban J connectivity index is 1.57. The second-order valence-corrected chi connectivity index (χ2v) is 9.49. The Bertz CT molecular complexity index is 837. The predicted molar refractivity (Wildman–Crippen MR) is 110 cm³/mol. The zero-order valence-corrected chi connectivity index (χ0v) is 17.3. The molecule has 3 aliphatic rings. The van der Waals surface area contributed by atoms with Crippen molar-refractivity contribution < 1.29 is 24.5 Å². The van der Waals surface area contributed by atoms with Crippen LogP contribution in [0.3, 0.4) is 0 Å². The summed E-state index contributed by atoms with van der Waals surface area (Å²) in [4.78, 5) is 12.6. The van der Waals surface area contributed by atoms with Gasteiger partial charge in [-0.2, -0.15) is 0 Å². The number of carbonyl (C=O) groups is 1. The smallest absolute Gasteiger partial charge is 0.331 e. The van der Waals surface area contributed by atoms with Crippen molar-refractivity contribution in [1.82, 2.24) is 0 Å². The van der Waals surface area contributed by atoms with Gasteiger partial charge in [-0.3, -0.25) is 0 Å². The van der Waals surface area contributed by atoms with Crippen LogP contribution in [0.4, 0.5) is 0 Å². The molecule has 5 unspecified atom stereocenters. The third-order valence-electron chi connectivity index (χ3n) is 7.39. The van der Waals surface area contributed by atoms with Crippen LogP contribution >= 0.6 is 0 Å². The van der Waals surface area contributed by atoms with Gasteiger partial charge >= 0.3 is 5.97 Å². The van der Waals surface area contributed by atoms with Crippen molar-refractivity contribution in [2.45, 2.75) is 52.4 Å². The molecule has 0 bridgehead atoms. The second-order valence-electron chi connectivity index (χ2n) is 9.49. The van der Waals surface area contributed by atoms with Crippen LogP contribution in [-0.4, -0.2) is 35.2 Å². The molecule has 1 saturated carbocycles. The van der Waals surface area contributed by atoms with E-state index in [1.165, 1.54) is 6.08 Å². The Labute approximate surface area is 172 Å². The van der Waals surface area contributed by atoms with Gasteiger partial charge in [-0.05, 0) is 59.9 Å². The summed E-state index contributed by atoms with van der Waals surface area (Å²) in [6, 6.07) is 6.64. The molecule has 0 amide bonds. The van der Waals surface area contributed by atoms with Crippen molar-refractivity contribution in [2.75, 3.05) is 6.61 Å². The summed E-state index contributed by atoms with van der Waals surface area (Å²) >= 11 is 0. The fourth-order valence-corrected chi connectivity index (χ4v) is 5.87. The molecule has 2 N–H and O–H groups in total. The number of phenolic OH excluding ortho intramolecular Hbond substituents is 1. The molecule has 0 aromatic heterocycles. The molecule has 0 radical (unpaired) electrons. The Morgan fingerprint density at radius 2 is 1.97 bits per heavy atom. The van der Waals surface area contributed by atoms with Crippen molar-refractivity contribution in [3.05, 3.63) is 47.6 Å². The molecule has 5 nitrogen and oxygen atoms in total. The van der Waals surface area contributed by atoms with Crippen molar-refractivity contribution in [2.24, 2.45) is 22.7 Å². The largest absolute Gasteiger partial charge is 0.508 e. The number of aliphatic hydroxyl groups excluding tert-OH is 1. The molecule has 2 aliphatic carbocycles. The highest BCUT2D eigenvalue weighted by Gasteiger charge is 2.61. The molecule has 1 aromatic carbocycles. The van der Waals surface area contributed by atoms with Gasteiger partial charge in [0.25, 0.3) is 0 Å². The molecule has 4 rings (SSSR count). The minimum atomic E-state index is -0.850. The van der Waals surface area contributed by atoms with Crippen LogP contribution in [0.15, 0.2) is 42.0 Å². The maximum absolute atomic E-state index is 12.6. The number of rotatable bonds is 3. The van der Waals surface area contributed by atoms with Gasteiger partial charge in [-0.15, -0.1) is 0 Å². The molecular formula is C24H30O5. The topological polar surface area (TPSA) is 76.0 Å². The van der Waals surface area contributed by atoms with Crippen LogP contribution in [0, 0.1) is 22.7 Å². The van der Waals surface area contributed by atoms with Crippen LogP contribution in [0.5, 0.6) is 5.75 Å². The van der Waals surface area contributed by atoms with E-state index in [1.807, 2.05) is 0 Å². The summed E-state index contributed by atoms with van der Waals surface area (Å²) in [6.07, 6.45) is 6.89. The molecule has 2 fully saturated rings. The lowest BCUT2D eigenvalue weighted by Crippen LogP contribution is -2.58. The van der Waals surface area contributed by atoms with Gasteiger partial charge in [0.15, 0.2) is 6.29 Å². The van der Waals surface area contributed by atoms with Crippen molar-refractivity contribution in [3.63, 3.8) is 0 Å². The first kappa shape index (κ1) is 20.2. The molecule has 156 valence electrons. The van der Waals surface area contributed by atoms with E-state index in [2.05, 4.69) is 26.8 Å². The lowest BCUT2D eigenvalue weighted by Gasteiger charge is -2.58. The fourth-order valence-electron chi connectivity index (χ4n) is 5.87. The first-order valence-electron chi connectivity index (χ1n) is 10.4. The number of fused-ring (bicyclic) bond motifs is 3. The number of hydrogen-bond donors (Lipinski definition) is 2. The zero-order chi connectivity index (χ0) is 20.8. The van der Waals surface area contributed by atoms with Gasteiger partial charge in [0.1, 0.15) is 11.9 Å². The van der Waals surface area contributed by atoms with Gasteiger partial charge in [0, 0.05) is 17.4 Å². The van der Waals surface area contributed by atoms with E-state index in [0.29, 0.717) is 12.5 Å². The van der Waals surface area contributed by atoms with Crippen LogP contribution < -0.4 is 0 Å². The van der Waals surface area contributed by atoms with Gasteiger partial charge in [0.05, 0.1) is 6.61 Å². The highest BCUT2D eigenvalue weighted by molar-refractivity contribution is 5.87.